The lowest BCUT2D eigenvalue weighted by molar-refractivity contribution is -0.113. The molecular formula is C25H19ClFN5O. The molecule has 4 aromatic rings. The lowest BCUT2D eigenvalue weighted by atomic mass is 9.94. The number of amides is 1. The summed E-state index contributed by atoms with van der Waals surface area (Å²) in [6.07, 6.45) is 0. The van der Waals surface area contributed by atoms with Crippen molar-refractivity contribution in [1.82, 2.24) is 14.8 Å². The molecule has 2 N–H and O–H groups in total. The number of rotatable bonds is 4. The maximum absolute atomic E-state index is 15.0. The molecule has 0 fully saturated rings. The average Bonchev–Trinajstić information content (AvgIpc) is 3.23. The molecule has 1 aliphatic heterocycles. The van der Waals surface area contributed by atoms with E-state index in [1.807, 2.05) is 30.3 Å². The van der Waals surface area contributed by atoms with E-state index in [-0.39, 0.29) is 5.91 Å². The van der Waals surface area contributed by atoms with Crippen molar-refractivity contribution in [2.75, 3.05) is 10.6 Å². The number of anilines is 2. The highest BCUT2D eigenvalue weighted by Crippen LogP contribution is 2.37. The van der Waals surface area contributed by atoms with Gasteiger partial charge in [0.2, 0.25) is 5.95 Å². The third-order valence-corrected chi connectivity index (χ3v) is 5.68. The average molecular weight is 460 g/mol. The van der Waals surface area contributed by atoms with E-state index in [4.69, 9.17) is 11.6 Å². The van der Waals surface area contributed by atoms with E-state index in [0.717, 1.165) is 5.56 Å². The van der Waals surface area contributed by atoms with Crippen molar-refractivity contribution in [2.24, 2.45) is 0 Å². The maximum Gasteiger partial charge on any atom is 0.255 e. The molecule has 164 valence electrons. The number of fused-ring (bicyclic) bond motifs is 1. The normalized spacial score (nSPS) is 15.1. The lowest BCUT2D eigenvalue weighted by Gasteiger charge is -2.28. The third-order valence-electron chi connectivity index (χ3n) is 5.43. The van der Waals surface area contributed by atoms with Crippen LogP contribution in [0.3, 0.4) is 0 Å². The number of aromatic nitrogens is 3. The highest BCUT2D eigenvalue weighted by atomic mass is 35.5. The van der Waals surface area contributed by atoms with Crippen LogP contribution in [0.15, 0.2) is 90.1 Å². The molecule has 0 saturated carbocycles. The first-order chi connectivity index (χ1) is 16.0. The SMILES string of the molecule is CC1=C(C(=O)Nc2ccccc2)C(c2ccccc2F)n2nc(-c3ccc(Cl)cc3)nc2N1. The zero-order chi connectivity index (χ0) is 22.9. The summed E-state index contributed by atoms with van der Waals surface area (Å²) >= 11 is 6.01. The number of benzene rings is 3. The monoisotopic (exact) mass is 459 g/mol. The van der Waals surface area contributed by atoms with Crippen molar-refractivity contribution in [3.05, 3.63) is 107 Å². The minimum atomic E-state index is -0.806. The van der Waals surface area contributed by atoms with Crippen molar-refractivity contribution < 1.29 is 9.18 Å². The Labute approximate surface area is 194 Å². The van der Waals surface area contributed by atoms with Gasteiger partial charge in [-0.3, -0.25) is 4.79 Å². The van der Waals surface area contributed by atoms with Gasteiger partial charge >= 0.3 is 0 Å². The van der Waals surface area contributed by atoms with Gasteiger partial charge in [0.15, 0.2) is 5.82 Å². The number of hydrogen-bond donors (Lipinski definition) is 2. The van der Waals surface area contributed by atoms with Crippen LogP contribution in [0.4, 0.5) is 16.0 Å². The number of nitrogens with zero attached hydrogens (tertiary/aromatic N) is 3. The van der Waals surface area contributed by atoms with Gasteiger partial charge in [-0.05, 0) is 49.4 Å². The molecule has 0 radical (unpaired) electrons. The number of carbonyl (C=O) groups is 1. The van der Waals surface area contributed by atoms with Crippen LogP contribution < -0.4 is 10.6 Å². The van der Waals surface area contributed by atoms with Crippen LogP contribution in [0.2, 0.25) is 5.02 Å². The molecule has 1 atom stereocenters. The molecule has 1 amide bonds. The largest absolute Gasteiger partial charge is 0.328 e. The van der Waals surface area contributed by atoms with E-state index >= 15 is 0 Å². The van der Waals surface area contributed by atoms with Crippen molar-refractivity contribution in [1.29, 1.82) is 0 Å². The van der Waals surface area contributed by atoms with Gasteiger partial charge in [0.1, 0.15) is 11.9 Å². The van der Waals surface area contributed by atoms with Gasteiger partial charge < -0.3 is 10.6 Å². The molecule has 33 heavy (non-hydrogen) atoms. The number of nitrogens with one attached hydrogen (secondary N) is 2. The molecule has 3 aromatic carbocycles. The van der Waals surface area contributed by atoms with Gasteiger partial charge in [-0.15, -0.1) is 5.10 Å². The first-order valence-corrected chi connectivity index (χ1v) is 10.7. The third kappa shape index (κ3) is 3.99. The van der Waals surface area contributed by atoms with E-state index < -0.39 is 11.9 Å². The zero-order valence-corrected chi connectivity index (χ0v) is 18.3. The van der Waals surface area contributed by atoms with Crippen LogP contribution in [0.25, 0.3) is 11.4 Å². The summed E-state index contributed by atoms with van der Waals surface area (Å²) < 4.78 is 16.5. The van der Waals surface area contributed by atoms with E-state index in [1.54, 1.807) is 54.1 Å². The molecule has 2 heterocycles. The first-order valence-electron chi connectivity index (χ1n) is 10.3. The Kier molecular flexibility index (Phi) is 5.40. The predicted molar refractivity (Wildman–Crippen MR) is 126 cm³/mol. The Hall–Kier alpha value is -3.97. The Bertz CT molecular complexity index is 1370. The standard InChI is InChI=1S/C25H19ClFN5O/c1-15-21(24(33)29-18-7-3-2-4-8-18)22(19-9-5-6-10-20(19)27)32-25(28-15)30-23(31-32)16-11-13-17(26)14-12-16/h2-14,22H,1H3,(H,29,33)(H,28,30,31). The van der Waals surface area contributed by atoms with Crippen molar-refractivity contribution in [2.45, 2.75) is 13.0 Å². The minimum Gasteiger partial charge on any atom is -0.328 e. The summed E-state index contributed by atoms with van der Waals surface area (Å²) in [6.45, 7) is 1.77. The molecule has 0 bridgehead atoms. The summed E-state index contributed by atoms with van der Waals surface area (Å²) in [6, 6.07) is 21.8. The Morgan fingerprint density at radius 2 is 1.73 bits per heavy atom. The highest BCUT2D eigenvalue weighted by molar-refractivity contribution is 6.30. The van der Waals surface area contributed by atoms with Gasteiger partial charge in [-0.1, -0.05) is 48.0 Å². The summed E-state index contributed by atoms with van der Waals surface area (Å²) in [7, 11) is 0. The molecule has 5 rings (SSSR count). The summed E-state index contributed by atoms with van der Waals surface area (Å²) in [4.78, 5) is 18.0. The Balaban J connectivity index is 1.62. The molecule has 1 aromatic heterocycles. The number of allylic oxidation sites excluding steroid dienone is 1. The van der Waals surface area contributed by atoms with E-state index in [0.29, 0.717) is 39.3 Å². The van der Waals surface area contributed by atoms with Crippen molar-refractivity contribution in [3.63, 3.8) is 0 Å². The molecule has 8 heteroatoms. The maximum atomic E-state index is 15.0. The Morgan fingerprint density at radius 1 is 1.03 bits per heavy atom. The summed E-state index contributed by atoms with van der Waals surface area (Å²) in [5, 5.41) is 11.3. The smallest absolute Gasteiger partial charge is 0.255 e. The molecule has 1 aliphatic rings. The lowest BCUT2D eigenvalue weighted by Crippen LogP contribution is -2.32. The van der Waals surface area contributed by atoms with Gasteiger partial charge in [0.25, 0.3) is 5.91 Å². The van der Waals surface area contributed by atoms with E-state index in [2.05, 4.69) is 20.7 Å². The first kappa shape index (κ1) is 20.9. The number of para-hydroxylation sites is 1. The minimum absolute atomic E-state index is 0.324. The van der Waals surface area contributed by atoms with Gasteiger partial charge in [-0.25, -0.2) is 9.07 Å². The fourth-order valence-electron chi connectivity index (χ4n) is 3.87. The highest BCUT2D eigenvalue weighted by Gasteiger charge is 2.35. The van der Waals surface area contributed by atoms with Crippen LogP contribution in [0.1, 0.15) is 18.5 Å². The van der Waals surface area contributed by atoms with Gasteiger partial charge in [-0.2, -0.15) is 4.98 Å². The van der Waals surface area contributed by atoms with E-state index in [9.17, 15) is 9.18 Å². The summed E-state index contributed by atoms with van der Waals surface area (Å²) in [5.41, 5.74) is 2.64. The quantitative estimate of drug-likeness (QED) is 0.412. The molecular weight excluding hydrogens is 441 g/mol. The van der Waals surface area contributed by atoms with Crippen LogP contribution in [-0.2, 0) is 4.79 Å². The van der Waals surface area contributed by atoms with Crippen LogP contribution in [0.5, 0.6) is 0 Å². The zero-order valence-electron chi connectivity index (χ0n) is 17.6. The number of hydrogen-bond acceptors (Lipinski definition) is 4. The number of halogens is 2. The molecule has 0 saturated heterocycles. The predicted octanol–water partition coefficient (Wildman–Crippen LogP) is 5.67. The second kappa shape index (κ2) is 8.52. The van der Waals surface area contributed by atoms with Crippen molar-refractivity contribution in [3.8, 4) is 11.4 Å². The van der Waals surface area contributed by atoms with E-state index in [1.165, 1.54) is 6.07 Å². The Morgan fingerprint density at radius 3 is 2.45 bits per heavy atom. The van der Waals surface area contributed by atoms with Crippen LogP contribution in [0, 0.1) is 5.82 Å². The molecule has 0 aliphatic carbocycles. The van der Waals surface area contributed by atoms with Crippen LogP contribution in [-0.4, -0.2) is 20.7 Å². The fraction of sp³-hybridized carbons (Fsp3) is 0.0800. The molecule has 0 spiro atoms. The topological polar surface area (TPSA) is 71.8 Å². The molecule has 1 unspecified atom stereocenters. The van der Waals surface area contributed by atoms with Crippen molar-refractivity contribution >= 4 is 29.1 Å². The second-order valence-corrected chi connectivity index (χ2v) is 8.05. The molecule has 6 nitrogen and oxygen atoms in total. The summed E-state index contributed by atoms with van der Waals surface area (Å²) in [5.74, 6) is 0.0698. The van der Waals surface area contributed by atoms with Crippen LogP contribution >= 0.6 is 11.6 Å². The fourth-order valence-corrected chi connectivity index (χ4v) is 4.00. The van der Waals surface area contributed by atoms with Gasteiger partial charge in [0.05, 0.1) is 5.57 Å². The second-order valence-electron chi connectivity index (χ2n) is 7.62. The number of carbonyl (C=O) groups excluding carboxylic acids is 1. The van der Waals surface area contributed by atoms with Gasteiger partial charge in [0, 0.05) is 27.5 Å².